The highest BCUT2D eigenvalue weighted by Gasteiger charge is 2.25. The molecule has 0 heterocycles. The summed E-state index contributed by atoms with van der Waals surface area (Å²) in [7, 11) is 0. The minimum absolute atomic E-state index is 0.0520. The van der Waals surface area contributed by atoms with Crippen LogP contribution >= 0.6 is 11.6 Å². The lowest BCUT2D eigenvalue weighted by molar-refractivity contribution is 0.0990. The van der Waals surface area contributed by atoms with E-state index in [0.29, 0.717) is 16.9 Å². The van der Waals surface area contributed by atoms with Gasteiger partial charge >= 0.3 is 0 Å². The van der Waals surface area contributed by atoms with E-state index >= 15 is 0 Å². The van der Waals surface area contributed by atoms with Crippen LogP contribution in [-0.4, -0.2) is 11.6 Å². The third-order valence-corrected chi connectivity index (χ3v) is 3.84. The van der Waals surface area contributed by atoms with Crippen LogP contribution < -0.4 is 4.74 Å². The molecule has 3 rings (SSSR count). The average molecular weight is 313 g/mol. The van der Waals surface area contributed by atoms with Gasteiger partial charge in [0.05, 0.1) is 5.03 Å². The van der Waals surface area contributed by atoms with Gasteiger partial charge in [-0.3, -0.25) is 9.59 Å². The first-order valence-corrected chi connectivity index (χ1v) is 7.26. The van der Waals surface area contributed by atoms with Crippen LogP contribution in [0.2, 0.25) is 0 Å². The molecule has 2 aromatic rings. The predicted molar refractivity (Wildman–Crippen MR) is 84.5 cm³/mol. The number of ketones is 2. The quantitative estimate of drug-likeness (QED) is 0.847. The summed E-state index contributed by atoms with van der Waals surface area (Å²) in [4.78, 5) is 23.9. The Bertz CT molecular complexity index is 778. The molecule has 0 N–H and O–H groups in total. The highest BCUT2D eigenvalue weighted by Crippen LogP contribution is 2.29. The van der Waals surface area contributed by atoms with Crippen LogP contribution in [0.1, 0.15) is 39.3 Å². The van der Waals surface area contributed by atoms with Crippen LogP contribution in [0.15, 0.2) is 59.6 Å². The molecule has 110 valence electrons. The number of fused-ring (bicyclic) bond motifs is 1. The zero-order chi connectivity index (χ0) is 15.7. The fraction of sp³-hybridized carbons (Fsp3) is 0.111. The second kappa shape index (κ2) is 5.78. The highest BCUT2D eigenvalue weighted by molar-refractivity contribution is 6.49. The van der Waals surface area contributed by atoms with Gasteiger partial charge in [-0.2, -0.15) is 0 Å². The maximum atomic E-state index is 12.0. The molecule has 0 spiro atoms. The van der Waals surface area contributed by atoms with E-state index in [1.165, 1.54) is 0 Å². The minimum Gasteiger partial charge on any atom is -0.486 e. The Morgan fingerprint density at radius 2 is 1.73 bits per heavy atom. The van der Waals surface area contributed by atoms with Crippen molar-refractivity contribution in [2.24, 2.45) is 0 Å². The summed E-state index contributed by atoms with van der Waals surface area (Å²) in [5.41, 5.74) is 1.68. The lowest BCUT2D eigenvalue weighted by atomic mass is 9.94. The fourth-order valence-electron chi connectivity index (χ4n) is 2.38. The van der Waals surface area contributed by atoms with Gasteiger partial charge < -0.3 is 4.74 Å². The normalized spacial score (nSPS) is 15.1. The first-order valence-electron chi connectivity index (χ1n) is 6.88. The van der Waals surface area contributed by atoms with E-state index in [4.69, 9.17) is 16.3 Å². The van der Waals surface area contributed by atoms with Crippen LogP contribution in [0.3, 0.4) is 0 Å². The summed E-state index contributed by atoms with van der Waals surface area (Å²) in [6.07, 6.45) is 0.990. The summed E-state index contributed by atoms with van der Waals surface area (Å²) >= 11 is 5.75. The monoisotopic (exact) mass is 312 g/mol. The largest absolute Gasteiger partial charge is 0.486 e. The van der Waals surface area contributed by atoms with Gasteiger partial charge in [0, 0.05) is 17.2 Å². The molecular formula is C18H13ClO3. The molecule has 0 aliphatic heterocycles. The smallest absolute Gasteiger partial charge is 0.205 e. The van der Waals surface area contributed by atoms with Crippen molar-refractivity contribution < 1.29 is 14.3 Å². The van der Waals surface area contributed by atoms with Gasteiger partial charge in [0.2, 0.25) is 5.78 Å². The number of carbonyl (C=O) groups excluding carboxylic acids is 2. The molecule has 0 aromatic heterocycles. The number of ether oxygens (including phenoxy) is 1. The van der Waals surface area contributed by atoms with Crippen molar-refractivity contribution in [1.29, 1.82) is 0 Å². The van der Waals surface area contributed by atoms with E-state index in [-0.39, 0.29) is 22.7 Å². The molecule has 2 aromatic carbocycles. The second-order valence-corrected chi connectivity index (χ2v) is 5.47. The number of benzene rings is 2. The van der Waals surface area contributed by atoms with Gasteiger partial charge in [0.15, 0.2) is 5.78 Å². The van der Waals surface area contributed by atoms with Crippen LogP contribution in [0.4, 0.5) is 0 Å². The van der Waals surface area contributed by atoms with E-state index in [1.807, 2.05) is 37.3 Å². The molecular weight excluding hydrogens is 300 g/mol. The van der Waals surface area contributed by atoms with Crippen molar-refractivity contribution in [3.63, 3.8) is 0 Å². The van der Waals surface area contributed by atoms with Crippen LogP contribution in [0.5, 0.6) is 5.75 Å². The second-order valence-electron chi connectivity index (χ2n) is 5.06. The molecule has 0 saturated heterocycles. The summed E-state index contributed by atoms with van der Waals surface area (Å²) in [5, 5.41) is -0.0520. The Morgan fingerprint density at radius 3 is 2.45 bits per heavy atom. The van der Waals surface area contributed by atoms with Crippen molar-refractivity contribution >= 4 is 23.2 Å². The van der Waals surface area contributed by atoms with Crippen molar-refractivity contribution in [3.05, 3.63) is 76.3 Å². The van der Waals surface area contributed by atoms with Gasteiger partial charge in [-0.25, -0.2) is 0 Å². The first-order chi connectivity index (χ1) is 10.6. The third-order valence-electron chi connectivity index (χ3n) is 3.56. The van der Waals surface area contributed by atoms with Gasteiger partial charge in [0.1, 0.15) is 11.9 Å². The minimum atomic E-state index is -0.334. The lowest BCUT2D eigenvalue weighted by Crippen LogP contribution is -2.15. The number of halogens is 1. The molecule has 22 heavy (non-hydrogen) atoms. The van der Waals surface area contributed by atoms with E-state index < -0.39 is 0 Å². The van der Waals surface area contributed by atoms with Crippen LogP contribution in [0, 0.1) is 0 Å². The van der Waals surface area contributed by atoms with Crippen molar-refractivity contribution in [1.82, 2.24) is 0 Å². The fourth-order valence-corrected chi connectivity index (χ4v) is 2.58. The molecule has 1 aliphatic rings. The molecule has 0 saturated carbocycles. The highest BCUT2D eigenvalue weighted by atomic mass is 35.5. The zero-order valence-corrected chi connectivity index (χ0v) is 12.6. The molecule has 0 amide bonds. The zero-order valence-electron chi connectivity index (χ0n) is 11.9. The van der Waals surface area contributed by atoms with Crippen LogP contribution in [0.25, 0.3) is 0 Å². The summed E-state index contributed by atoms with van der Waals surface area (Å²) in [5.74, 6) is -0.0704. The Morgan fingerprint density at radius 1 is 1.00 bits per heavy atom. The molecule has 4 heteroatoms. The maximum absolute atomic E-state index is 12.0. The van der Waals surface area contributed by atoms with Crippen molar-refractivity contribution in [2.45, 2.75) is 13.0 Å². The van der Waals surface area contributed by atoms with Gasteiger partial charge in [0.25, 0.3) is 0 Å². The molecule has 0 fully saturated rings. The number of Topliss-reactive ketones (excluding diaryl/α,β-unsaturated/α-hetero) is 1. The topological polar surface area (TPSA) is 43.4 Å². The summed E-state index contributed by atoms with van der Waals surface area (Å²) in [6, 6.07) is 14.6. The number of allylic oxidation sites excluding steroid dienone is 2. The Hall–Kier alpha value is -2.39. The number of carbonyl (C=O) groups is 2. The van der Waals surface area contributed by atoms with Gasteiger partial charge in [-0.1, -0.05) is 41.9 Å². The molecule has 0 bridgehead atoms. The Kier molecular flexibility index (Phi) is 3.82. The maximum Gasteiger partial charge on any atom is 0.205 e. The first kappa shape index (κ1) is 14.5. The number of hydrogen-bond donors (Lipinski definition) is 0. The standard InChI is InChI=1S/C18H13ClO3/c1-11(12-5-3-2-4-6-12)22-13-7-8-14-15(9-13)17(20)10-16(19)18(14)21/h2-11H,1H3. The van der Waals surface area contributed by atoms with Crippen LogP contribution in [-0.2, 0) is 0 Å². The van der Waals surface area contributed by atoms with Crippen molar-refractivity contribution in [3.8, 4) is 5.75 Å². The Balaban J connectivity index is 1.88. The van der Waals surface area contributed by atoms with Gasteiger partial charge in [-0.15, -0.1) is 0 Å². The Labute approximate surface area is 133 Å². The molecule has 0 radical (unpaired) electrons. The van der Waals surface area contributed by atoms with E-state index in [0.717, 1.165) is 11.6 Å². The van der Waals surface area contributed by atoms with E-state index in [1.54, 1.807) is 18.2 Å². The number of hydrogen-bond acceptors (Lipinski definition) is 3. The average Bonchev–Trinajstić information content (AvgIpc) is 2.53. The summed E-state index contributed by atoms with van der Waals surface area (Å²) in [6.45, 7) is 1.93. The third kappa shape index (κ3) is 2.68. The predicted octanol–water partition coefficient (Wildman–Crippen LogP) is 4.33. The molecule has 3 nitrogen and oxygen atoms in total. The van der Waals surface area contributed by atoms with Gasteiger partial charge in [-0.05, 0) is 30.7 Å². The molecule has 1 aliphatic carbocycles. The molecule has 1 atom stereocenters. The lowest BCUT2D eigenvalue weighted by Gasteiger charge is -2.17. The van der Waals surface area contributed by atoms with Crippen molar-refractivity contribution in [2.75, 3.05) is 0 Å². The summed E-state index contributed by atoms with van der Waals surface area (Å²) < 4.78 is 5.86. The van der Waals surface area contributed by atoms with E-state index in [9.17, 15) is 9.59 Å². The van der Waals surface area contributed by atoms with E-state index in [2.05, 4.69) is 0 Å². The molecule has 1 unspecified atom stereocenters. The number of rotatable bonds is 3. The SMILES string of the molecule is CC(Oc1ccc2c(c1)C(=O)C=C(Cl)C2=O)c1ccccc1.